The van der Waals surface area contributed by atoms with E-state index in [2.05, 4.69) is 4.72 Å². The lowest BCUT2D eigenvalue weighted by Gasteiger charge is -2.11. The lowest BCUT2D eigenvalue weighted by atomic mass is 10.3. The number of sulfonamides is 1. The molecule has 2 aromatic rings. The summed E-state index contributed by atoms with van der Waals surface area (Å²) in [6.45, 7) is 0. The van der Waals surface area contributed by atoms with Crippen LogP contribution in [0.4, 0.5) is 5.69 Å². The van der Waals surface area contributed by atoms with Gasteiger partial charge < -0.3 is 15.2 Å². The monoisotopic (exact) mass is 308 g/mol. The lowest BCUT2D eigenvalue weighted by molar-refractivity contribution is 0.409. The topological polar surface area (TPSA) is 90.7 Å². The predicted molar refractivity (Wildman–Crippen MR) is 80.2 cm³/mol. The first kappa shape index (κ1) is 15.1. The highest BCUT2D eigenvalue weighted by molar-refractivity contribution is 7.89. The average molecular weight is 308 g/mol. The van der Waals surface area contributed by atoms with Crippen LogP contribution >= 0.6 is 0 Å². The van der Waals surface area contributed by atoms with Gasteiger partial charge in [0.15, 0.2) is 0 Å². The number of ether oxygens (including phenoxy) is 2. The second-order valence-corrected chi connectivity index (χ2v) is 6.07. The van der Waals surface area contributed by atoms with Crippen molar-refractivity contribution in [2.75, 3.05) is 19.9 Å². The molecule has 0 unspecified atom stereocenters. The number of hydrogen-bond donors (Lipinski definition) is 2. The van der Waals surface area contributed by atoms with Crippen LogP contribution < -0.4 is 19.9 Å². The molecule has 2 rings (SSSR count). The van der Waals surface area contributed by atoms with E-state index in [0.29, 0.717) is 17.2 Å². The Balaban J connectivity index is 2.29. The summed E-state index contributed by atoms with van der Waals surface area (Å²) < 4.78 is 36.3. The Morgan fingerprint density at radius 2 is 1.81 bits per heavy atom. The molecule has 0 fully saturated rings. The molecule has 0 saturated carbocycles. The summed E-state index contributed by atoms with van der Waals surface area (Å²) in [6, 6.07) is 11.3. The molecule has 112 valence electrons. The first-order valence-corrected chi connectivity index (χ1v) is 7.59. The van der Waals surface area contributed by atoms with E-state index in [1.54, 1.807) is 31.4 Å². The third-order valence-corrected chi connectivity index (χ3v) is 4.24. The van der Waals surface area contributed by atoms with Crippen molar-refractivity contribution < 1.29 is 17.9 Å². The molecule has 2 aromatic carbocycles. The average Bonchev–Trinajstić information content (AvgIpc) is 2.49. The minimum Gasteiger partial charge on any atom is -0.497 e. The van der Waals surface area contributed by atoms with E-state index in [9.17, 15) is 8.42 Å². The Labute approximate surface area is 123 Å². The molecule has 0 aromatic heterocycles. The highest BCUT2D eigenvalue weighted by atomic mass is 32.2. The van der Waals surface area contributed by atoms with E-state index in [4.69, 9.17) is 15.2 Å². The summed E-state index contributed by atoms with van der Waals surface area (Å²) in [4.78, 5) is 0.0838. The Kier molecular flexibility index (Phi) is 4.35. The van der Waals surface area contributed by atoms with Crippen LogP contribution in [0.15, 0.2) is 47.4 Å². The fraction of sp³-hybridized carbons (Fsp3) is 0.143. The van der Waals surface area contributed by atoms with Crippen LogP contribution in [-0.2, 0) is 10.0 Å². The highest BCUT2D eigenvalue weighted by Gasteiger charge is 2.13. The highest BCUT2D eigenvalue weighted by Crippen LogP contribution is 2.30. The van der Waals surface area contributed by atoms with Crippen molar-refractivity contribution in [3.05, 3.63) is 42.5 Å². The molecule has 7 heteroatoms. The van der Waals surface area contributed by atoms with Gasteiger partial charge in [0, 0.05) is 6.07 Å². The Hall–Kier alpha value is -2.25. The minimum atomic E-state index is -3.53. The Morgan fingerprint density at radius 1 is 1.10 bits per heavy atom. The number of benzene rings is 2. The number of nitrogens with two attached hydrogens (primary N) is 1. The van der Waals surface area contributed by atoms with Crippen molar-refractivity contribution in [1.29, 1.82) is 0 Å². The largest absolute Gasteiger partial charge is 0.497 e. The summed E-state index contributed by atoms with van der Waals surface area (Å²) in [5.74, 6) is 1.57. The van der Waals surface area contributed by atoms with Crippen molar-refractivity contribution in [3.63, 3.8) is 0 Å². The van der Waals surface area contributed by atoms with Crippen LogP contribution in [0.2, 0.25) is 0 Å². The van der Waals surface area contributed by atoms with E-state index >= 15 is 0 Å². The quantitative estimate of drug-likeness (QED) is 0.824. The van der Waals surface area contributed by atoms with Gasteiger partial charge in [-0.25, -0.2) is 13.1 Å². The fourth-order valence-corrected chi connectivity index (χ4v) is 2.46. The number of hydrogen-bond acceptors (Lipinski definition) is 5. The van der Waals surface area contributed by atoms with Crippen molar-refractivity contribution in [1.82, 2.24) is 4.72 Å². The molecule has 21 heavy (non-hydrogen) atoms. The van der Waals surface area contributed by atoms with Crippen molar-refractivity contribution in [2.24, 2.45) is 0 Å². The third kappa shape index (κ3) is 3.45. The molecule has 0 aliphatic rings. The van der Waals surface area contributed by atoms with E-state index < -0.39 is 10.0 Å². The van der Waals surface area contributed by atoms with Gasteiger partial charge in [-0.2, -0.15) is 0 Å². The molecular formula is C14H16N2O4S. The summed E-state index contributed by atoms with van der Waals surface area (Å²) in [7, 11) is -0.627. The maximum atomic E-state index is 11.7. The van der Waals surface area contributed by atoms with Crippen LogP contribution in [0.1, 0.15) is 0 Å². The second kappa shape index (κ2) is 6.02. The minimum absolute atomic E-state index is 0.0838. The van der Waals surface area contributed by atoms with Crippen molar-refractivity contribution >= 4 is 15.7 Å². The summed E-state index contributed by atoms with van der Waals surface area (Å²) in [5.41, 5.74) is 6.07. The molecule has 6 nitrogen and oxygen atoms in total. The Morgan fingerprint density at radius 3 is 2.43 bits per heavy atom. The van der Waals surface area contributed by atoms with Crippen molar-refractivity contribution in [2.45, 2.75) is 4.90 Å². The van der Waals surface area contributed by atoms with Gasteiger partial charge in [0.25, 0.3) is 0 Å². The van der Waals surface area contributed by atoms with Gasteiger partial charge in [-0.05, 0) is 37.4 Å². The fourth-order valence-electron chi connectivity index (χ4n) is 1.70. The Bertz CT molecular complexity index is 744. The normalized spacial score (nSPS) is 11.1. The first-order valence-electron chi connectivity index (χ1n) is 6.11. The van der Waals surface area contributed by atoms with Gasteiger partial charge in [0.05, 0.1) is 17.7 Å². The molecule has 0 amide bonds. The number of methoxy groups -OCH3 is 1. The molecule has 0 radical (unpaired) electrons. The van der Waals surface area contributed by atoms with Gasteiger partial charge in [-0.3, -0.25) is 0 Å². The molecule has 0 aliphatic heterocycles. The van der Waals surface area contributed by atoms with E-state index in [1.165, 1.54) is 25.2 Å². The van der Waals surface area contributed by atoms with Crippen LogP contribution in [0.3, 0.4) is 0 Å². The van der Waals surface area contributed by atoms with E-state index in [0.717, 1.165) is 0 Å². The van der Waals surface area contributed by atoms with Gasteiger partial charge in [0.1, 0.15) is 17.2 Å². The van der Waals surface area contributed by atoms with E-state index in [1.807, 2.05) is 0 Å². The van der Waals surface area contributed by atoms with Gasteiger partial charge in [-0.15, -0.1) is 0 Å². The maximum absolute atomic E-state index is 11.7. The van der Waals surface area contributed by atoms with Crippen LogP contribution in [0.5, 0.6) is 17.2 Å². The second-order valence-electron chi connectivity index (χ2n) is 4.19. The SMILES string of the molecule is CNS(=O)(=O)c1ccc(Oc2cccc(OC)c2)c(N)c1. The lowest BCUT2D eigenvalue weighted by Crippen LogP contribution is -2.18. The molecule has 0 heterocycles. The number of rotatable bonds is 5. The smallest absolute Gasteiger partial charge is 0.240 e. The molecule has 0 atom stereocenters. The van der Waals surface area contributed by atoms with Crippen LogP contribution in [0.25, 0.3) is 0 Å². The maximum Gasteiger partial charge on any atom is 0.240 e. The first-order chi connectivity index (χ1) is 9.96. The number of nitrogen functional groups attached to an aromatic ring is 1. The zero-order chi connectivity index (χ0) is 15.5. The third-order valence-electron chi connectivity index (χ3n) is 2.83. The van der Waals surface area contributed by atoms with E-state index in [-0.39, 0.29) is 10.6 Å². The molecule has 0 spiro atoms. The molecular weight excluding hydrogens is 292 g/mol. The predicted octanol–water partition coefficient (Wildman–Crippen LogP) is 1.98. The molecule has 0 saturated heterocycles. The zero-order valence-corrected chi connectivity index (χ0v) is 12.5. The van der Waals surface area contributed by atoms with Crippen molar-refractivity contribution in [3.8, 4) is 17.2 Å². The number of nitrogens with one attached hydrogen (secondary N) is 1. The van der Waals surface area contributed by atoms with Gasteiger partial charge >= 0.3 is 0 Å². The van der Waals surface area contributed by atoms with Crippen LogP contribution in [-0.4, -0.2) is 22.6 Å². The molecule has 3 N–H and O–H groups in total. The summed E-state index contributed by atoms with van der Waals surface area (Å²) >= 11 is 0. The standard InChI is InChI=1S/C14H16N2O4S/c1-16-21(17,18)12-6-7-14(13(15)9-12)20-11-5-3-4-10(8-11)19-2/h3-9,16H,15H2,1-2H3. The number of anilines is 1. The summed E-state index contributed by atoms with van der Waals surface area (Å²) in [5, 5.41) is 0. The van der Waals surface area contributed by atoms with Crippen LogP contribution in [0, 0.1) is 0 Å². The van der Waals surface area contributed by atoms with Gasteiger partial charge in [0.2, 0.25) is 10.0 Å². The molecule has 0 bridgehead atoms. The molecule has 0 aliphatic carbocycles. The zero-order valence-electron chi connectivity index (χ0n) is 11.7. The summed E-state index contributed by atoms with van der Waals surface area (Å²) in [6.07, 6.45) is 0. The van der Waals surface area contributed by atoms with Gasteiger partial charge in [-0.1, -0.05) is 6.07 Å².